The van der Waals surface area contributed by atoms with Crippen LogP contribution in [0.1, 0.15) is 19.4 Å². The van der Waals surface area contributed by atoms with Crippen LogP contribution < -0.4 is 5.32 Å². The van der Waals surface area contributed by atoms with Gasteiger partial charge in [-0.3, -0.25) is 0 Å². The molecule has 0 atom stereocenters. The van der Waals surface area contributed by atoms with Gasteiger partial charge in [-0.05, 0) is 23.8 Å². The summed E-state index contributed by atoms with van der Waals surface area (Å²) in [4.78, 5) is 0.401. The Kier molecular flexibility index (Phi) is 2.08. The molecule has 0 amide bonds. The molecule has 1 aliphatic rings. The van der Waals surface area contributed by atoms with Crippen LogP contribution in [0.15, 0.2) is 23.1 Å². The molecule has 1 heterocycles. The number of sulfone groups is 1. The standard InChI is InChI=1S/C11H15NO2S/c1-11(2)7-12-10-5-4-8(6-9(10)11)15(3,13)14/h4-6,12H,7H2,1-3H3. The fourth-order valence-corrected chi connectivity index (χ4v) is 2.53. The van der Waals surface area contributed by atoms with Crippen LogP contribution in [-0.4, -0.2) is 21.2 Å². The van der Waals surface area contributed by atoms with Crippen LogP contribution in [-0.2, 0) is 15.3 Å². The number of benzene rings is 1. The van der Waals surface area contributed by atoms with Crippen molar-refractivity contribution in [2.75, 3.05) is 18.1 Å². The van der Waals surface area contributed by atoms with Crippen LogP contribution in [0.25, 0.3) is 0 Å². The Hall–Kier alpha value is -1.03. The third-order valence-corrected chi connectivity index (χ3v) is 3.98. The second kappa shape index (κ2) is 2.98. The molecule has 1 aromatic rings. The van der Waals surface area contributed by atoms with Crippen LogP contribution in [0.5, 0.6) is 0 Å². The van der Waals surface area contributed by atoms with Crippen molar-refractivity contribution in [1.29, 1.82) is 0 Å². The van der Waals surface area contributed by atoms with E-state index in [-0.39, 0.29) is 5.41 Å². The lowest BCUT2D eigenvalue weighted by molar-refractivity contribution is 0.583. The maximum Gasteiger partial charge on any atom is 0.175 e. The van der Waals surface area contributed by atoms with Crippen LogP contribution >= 0.6 is 0 Å². The summed E-state index contributed by atoms with van der Waals surface area (Å²) in [6, 6.07) is 5.29. The zero-order chi connectivity index (χ0) is 11.3. The Morgan fingerprint density at radius 1 is 1.33 bits per heavy atom. The van der Waals surface area contributed by atoms with Crippen molar-refractivity contribution in [3.05, 3.63) is 23.8 Å². The zero-order valence-electron chi connectivity index (χ0n) is 9.16. The lowest BCUT2D eigenvalue weighted by atomic mass is 9.87. The van der Waals surface area contributed by atoms with Crippen molar-refractivity contribution in [3.63, 3.8) is 0 Å². The van der Waals surface area contributed by atoms with E-state index in [0.717, 1.165) is 17.8 Å². The molecule has 0 saturated heterocycles. The molecule has 1 aliphatic heterocycles. The van der Waals surface area contributed by atoms with Crippen molar-refractivity contribution in [1.82, 2.24) is 0 Å². The molecule has 4 heteroatoms. The van der Waals surface area contributed by atoms with Crippen molar-refractivity contribution >= 4 is 15.5 Å². The highest BCUT2D eigenvalue weighted by Crippen LogP contribution is 2.37. The van der Waals surface area contributed by atoms with E-state index < -0.39 is 9.84 Å². The Bertz CT molecular complexity index is 503. The predicted octanol–water partition coefficient (Wildman–Crippen LogP) is 1.79. The highest BCUT2D eigenvalue weighted by atomic mass is 32.2. The minimum atomic E-state index is -3.10. The first-order valence-electron chi connectivity index (χ1n) is 4.89. The molecule has 0 bridgehead atoms. The van der Waals surface area contributed by atoms with Gasteiger partial charge in [0, 0.05) is 23.9 Å². The van der Waals surface area contributed by atoms with Gasteiger partial charge in [-0.25, -0.2) is 8.42 Å². The number of fused-ring (bicyclic) bond motifs is 1. The third-order valence-electron chi connectivity index (χ3n) is 2.87. The number of hydrogen-bond acceptors (Lipinski definition) is 3. The average Bonchev–Trinajstić information content (AvgIpc) is 2.41. The lowest BCUT2D eigenvalue weighted by Gasteiger charge is -2.17. The molecule has 1 N–H and O–H groups in total. The van der Waals surface area contributed by atoms with E-state index in [4.69, 9.17) is 0 Å². The minimum absolute atomic E-state index is 0.00995. The Balaban J connectivity index is 2.61. The fraction of sp³-hybridized carbons (Fsp3) is 0.455. The second-order valence-corrected chi connectivity index (χ2v) is 6.73. The summed E-state index contributed by atoms with van der Waals surface area (Å²) in [7, 11) is -3.10. The largest absolute Gasteiger partial charge is 0.384 e. The summed E-state index contributed by atoms with van der Waals surface area (Å²) in [6.45, 7) is 5.07. The zero-order valence-corrected chi connectivity index (χ0v) is 9.98. The van der Waals surface area contributed by atoms with Gasteiger partial charge < -0.3 is 5.32 Å². The SMILES string of the molecule is CC1(C)CNc2ccc(S(C)(=O)=O)cc21. The molecule has 0 saturated carbocycles. The molecule has 1 aromatic carbocycles. The number of hydrogen-bond donors (Lipinski definition) is 1. The normalized spacial score (nSPS) is 18.3. The van der Waals surface area contributed by atoms with Crippen molar-refractivity contribution in [2.24, 2.45) is 0 Å². The van der Waals surface area contributed by atoms with Crippen LogP contribution in [0.4, 0.5) is 5.69 Å². The number of anilines is 1. The van der Waals surface area contributed by atoms with Crippen LogP contribution in [0.2, 0.25) is 0 Å². The summed E-state index contributed by atoms with van der Waals surface area (Å²) < 4.78 is 22.8. The van der Waals surface area contributed by atoms with Gasteiger partial charge in [0.2, 0.25) is 0 Å². The lowest BCUT2D eigenvalue weighted by Crippen LogP contribution is -2.19. The molecule has 0 aliphatic carbocycles. The third kappa shape index (κ3) is 1.74. The Labute approximate surface area is 90.4 Å². The predicted molar refractivity (Wildman–Crippen MR) is 61.1 cm³/mol. The van der Waals surface area contributed by atoms with E-state index in [9.17, 15) is 8.42 Å². The van der Waals surface area contributed by atoms with Gasteiger partial charge in [0.05, 0.1) is 4.90 Å². The van der Waals surface area contributed by atoms with Crippen molar-refractivity contribution in [2.45, 2.75) is 24.2 Å². The first-order valence-corrected chi connectivity index (χ1v) is 6.78. The average molecular weight is 225 g/mol. The smallest absolute Gasteiger partial charge is 0.175 e. The first-order chi connectivity index (χ1) is 6.81. The van der Waals surface area contributed by atoms with Gasteiger partial charge in [-0.1, -0.05) is 13.8 Å². The minimum Gasteiger partial charge on any atom is -0.384 e. The molecule has 82 valence electrons. The van der Waals surface area contributed by atoms with E-state index in [1.54, 1.807) is 12.1 Å². The molecule has 0 unspecified atom stereocenters. The molecule has 15 heavy (non-hydrogen) atoms. The van der Waals surface area contributed by atoms with E-state index in [1.165, 1.54) is 6.26 Å². The summed E-state index contributed by atoms with van der Waals surface area (Å²) in [6.07, 6.45) is 1.24. The maximum atomic E-state index is 11.4. The van der Waals surface area contributed by atoms with Crippen molar-refractivity contribution in [3.8, 4) is 0 Å². The molecule has 0 aromatic heterocycles. The Morgan fingerprint density at radius 3 is 2.60 bits per heavy atom. The molecule has 3 nitrogen and oxygen atoms in total. The molecule has 0 radical (unpaired) electrons. The van der Waals surface area contributed by atoms with Crippen molar-refractivity contribution < 1.29 is 8.42 Å². The molecular weight excluding hydrogens is 210 g/mol. The van der Waals surface area contributed by atoms with Crippen LogP contribution in [0, 0.1) is 0 Å². The number of rotatable bonds is 1. The second-order valence-electron chi connectivity index (χ2n) is 4.72. The summed E-state index contributed by atoms with van der Waals surface area (Å²) in [5, 5.41) is 3.27. The summed E-state index contributed by atoms with van der Waals surface area (Å²) in [5.41, 5.74) is 2.15. The van der Waals surface area contributed by atoms with Gasteiger partial charge in [0.25, 0.3) is 0 Å². The van der Waals surface area contributed by atoms with Gasteiger partial charge in [-0.15, -0.1) is 0 Å². The summed E-state index contributed by atoms with van der Waals surface area (Å²) >= 11 is 0. The first kappa shape index (κ1) is 10.5. The quantitative estimate of drug-likeness (QED) is 0.792. The van der Waals surface area contributed by atoms with Gasteiger partial charge in [0.15, 0.2) is 9.84 Å². The maximum absolute atomic E-state index is 11.4. The molecular formula is C11H15NO2S. The topological polar surface area (TPSA) is 46.2 Å². The van der Waals surface area contributed by atoms with Gasteiger partial charge >= 0.3 is 0 Å². The van der Waals surface area contributed by atoms with E-state index >= 15 is 0 Å². The molecule has 2 rings (SSSR count). The van der Waals surface area contributed by atoms with Gasteiger partial charge in [0.1, 0.15) is 0 Å². The van der Waals surface area contributed by atoms with Crippen LogP contribution in [0.3, 0.4) is 0 Å². The van der Waals surface area contributed by atoms with E-state index in [2.05, 4.69) is 19.2 Å². The monoisotopic (exact) mass is 225 g/mol. The van der Waals surface area contributed by atoms with Gasteiger partial charge in [-0.2, -0.15) is 0 Å². The molecule has 0 fully saturated rings. The van der Waals surface area contributed by atoms with E-state index in [1.807, 2.05) is 6.07 Å². The highest BCUT2D eigenvalue weighted by Gasteiger charge is 2.30. The Morgan fingerprint density at radius 2 is 2.00 bits per heavy atom. The fourth-order valence-electron chi connectivity index (χ4n) is 1.88. The highest BCUT2D eigenvalue weighted by molar-refractivity contribution is 7.90. The number of nitrogens with one attached hydrogen (secondary N) is 1. The van der Waals surface area contributed by atoms with E-state index in [0.29, 0.717) is 4.90 Å². The molecule has 0 spiro atoms. The summed E-state index contributed by atoms with van der Waals surface area (Å²) in [5.74, 6) is 0.